The highest BCUT2D eigenvalue weighted by Crippen LogP contribution is 2.49. The smallest absolute Gasteiger partial charge is 0.407 e. The maximum Gasteiger partial charge on any atom is 0.420 e. The predicted molar refractivity (Wildman–Crippen MR) is 102 cm³/mol. The maximum atomic E-state index is 13.8. The standard InChI is InChI=1S/C20H15F7N4O2/c1-30(12-4-2-11(21)3-5-12)18(32)33-17-15(20(25,26)27)8-14(19(22,23)24)13(9-28)16(17)31-7-6-29-10-31/h2-5,8,29H,6-7,10H2,1H3. The van der Waals surface area contributed by atoms with Crippen LogP contribution in [0.5, 0.6) is 5.75 Å². The molecule has 33 heavy (non-hydrogen) atoms. The monoisotopic (exact) mass is 476 g/mol. The molecule has 6 nitrogen and oxygen atoms in total. The molecule has 1 saturated heterocycles. The van der Waals surface area contributed by atoms with Crippen LogP contribution in [0.25, 0.3) is 0 Å². The molecule has 1 aliphatic rings. The van der Waals surface area contributed by atoms with Gasteiger partial charge in [-0.2, -0.15) is 31.6 Å². The molecule has 1 amide bonds. The van der Waals surface area contributed by atoms with Gasteiger partial charge in [0.1, 0.15) is 23.1 Å². The van der Waals surface area contributed by atoms with E-state index in [9.17, 15) is 40.8 Å². The SMILES string of the molecule is CN(C(=O)Oc1c(C(F)(F)F)cc(C(F)(F)F)c(C#N)c1N1CCNC1)c1ccc(F)cc1. The van der Waals surface area contributed by atoms with Gasteiger partial charge >= 0.3 is 18.4 Å². The summed E-state index contributed by atoms with van der Waals surface area (Å²) in [6, 6.07) is 5.35. The zero-order chi connectivity index (χ0) is 24.6. The van der Waals surface area contributed by atoms with Gasteiger partial charge in [-0.15, -0.1) is 0 Å². The van der Waals surface area contributed by atoms with Gasteiger partial charge in [-0.05, 0) is 30.3 Å². The fraction of sp³-hybridized carbons (Fsp3) is 0.300. The first-order chi connectivity index (χ1) is 15.3. The second kappa shape index (κ2) is 8.78. The molecule has 176 valence electrons. The number of nitriles is 1. The van der Waals surface area contributed by atoms with Crippen LogP contribution in [-0.2, 0) is 12.4 Å². The zero-order valence-corrected chi connectivity index (χ0v) is 16.8. The Morgan fingerprint density at radius 2 is 1.73 bits per heavy atom. The highest BCUT2D eigenvalue weighted by atomic mass is 19.4. The third-order valence-corrected chi connectivity index (χ3v) is 4.83. The number of nitrogens with one attached hydrogen (secondary N) is 1. The van der Waals surface area contributed by atoms with E-state index in [2.05, 4.69) is 5.32 Å². The van der Waals surface area contributed by atoms with Crippen LogP contribution in [0.2, 0.25) is 0 Å². The predicted octanol–water partition coefficient (Wildman–Crippen LogP) is 4.74. The minimum Gasteiger partial charge on any atom is -0.407 e. The van der Waals surface area contributed by atoms with Crippen molar-refractivity contribution >= 4 is 17.5 Å². The normalized spacial score (nSPS) is 14.2. The number of hydrogen-bond donors (Lipinski definition) is 1. The van der Waals surface area contributed by atoms with E-state index in [1.54, 1.807) is 0 Å². The van der Waals surface area contributed by atoms with Crippen LogP contribution in [0.15, 0.2) is 30.3 Å². The van der Waals surface area contributed by atoms with Crippen LogP contribution in [0, 0.1) is 17.1 Å². The minimum absolute atomic E-state index is 0.0361. The quantitative estimate of drug-likeness (QED) is 0.649. The maximum absolute atomic E-state index is 13.8. The van der Waals surface area contributed by atoms with Crippen molar-refractivity contribution < 1.29 is 40.3 Å². The first-order valence-corrected chi connectivity index (χ1v) is 9.27. The Labute approximate surface area is 182 Å². The van der Waals surface area contributed by atoms with E-state index >= 15 is 0 Å². The number of alkyl halides is 6. The number of rotatable bonds is 3. The number of ether oxygens (including phenoxy) is 1. The van der Waals surface area contributed by atoms with Crippen LogP contribution in [-0.4, -0.2) is 32.9 Å². The number of carbonyl (C=O) groups excluding carboxylic acids is 1. The highest BCUT2D eigenvalue weighted by Gasteiger charge is 2.45. The second-order valence-corrected chi connectivity index (χ2v) is 6.96. The van der Waals surface area contributed by atoms with Crippen molar-refractivity contribution in [1.82, 2.24) is 5.32 Å². The Morgan fingerprint density at radius 1 is 1.12 bits per heavy atom. The van der Waals surface area contributed by atoms with Gasteiger partial charge < -0.3 is 9.64 Å². The van der Waals surface area contributed by atoms with Crippen LogP contribution < -0.4 is 19.9 Å². The molecule has 2 aromatic carbocycles. The van der Waals surface area contributed by atoms with E-state index in [0.717, 1.165) is 41.1 Å². The summed E-state index contributed by atoms with van der Waals surface area (Å²) in [5.74, 6) is -1.86. The van der Waals surface area contributed by atoms with E-state index in [4.69, 9.17) is 4.74 Å². The van der Waals surface area contributed by atoms with E-state index in [0.29, 0.717) is 0 Å². The molecule has 0 aliphatic carbocycles. The largest absolute Gasteiger partial charge is 0.420 e. The van der Waals surface area contributed by atoms with Crippen molar-refractivity contribution in [1.29, 1.82) is 5.26 Å². The summed E-state index contributed by atoms with van der Waals surface area (Å²) in [7, 11) is 1.12. The van der Waals surface area contributed by atoms with Crippen molar-refractivity contribution in [3.63, 3.8) is 0 Å². The van der Waals surface area contributed by atoms with Crippen LogP contribution in [0.3, 0.4) is 0 Å². The summed E-state index contributed by atoms with van der Waals surface area (Å²) in [6.45, 7) is 0.00259. The molecule has 1 aliphatic heterocycles. The fourth-order valence-electron chi connectivity index (χ4n) is 3.23. The molecule has 13 heteroatoms. The fourth-order valence-corrected chi connectivity index (χ4v) is 3.23. The average Bonchev–Trinajstić information content (AvgIpc) is 3.25. The van der Waals surface area contributed by atoms with Gasteiger partial charge in [0.15, 0.2) is 5.75 Å². The minimum atomic E-state index is -5.35. The molecule has 0 bridgehead atoms. The topological polar surface area (TPSA) is 68.6 Å². The van der Waals surface area contributed by atoms with Gasteiger partial charge in [0.25, 0.3) is 0 Å². The number of benzene rings is 2. The van der Waals surface area contributed by atoms with E-state index in [1.165, 1.54) is 6.07 Å². The van der Waals surface area contributed by atoms with E-state index in [1.807, 2.05) is 0 Å². The van der Waals surface area contributed by atoms with Crippen LogP contribution in [0.1, 0.15) is 16.7 Å². The molecule has 0 saturated carbocycles. The third kappa shape index (κ3) is 4.95. The van der Waals surface area contributed by atoms with Crippen molar-refractivity contribution in [3.05, 3.63) is 52.8 Å². The van der Waals surface area contributed by atoms with Crippen molar-refractivity contribution in [3.8, 4) is 11.8 Å². The van der Waals surface area contributed by atoms with Gasteiger partial charge in [-0.1, -0.05) is 0 Å². The van der Waals surface area contributed by atoms with Gasteiger partial charge in [-0.25, -0.2) is 9.18 Å². The molecule has 1 heterocycles. The number of carbonyl (C=O) groups is 1. The molecule has 0 aromatic heterocycles. The molecular weight excluding hydrogens is 461 g/mol. The van der Waals surface area contributed by atoms with Crippen LogP contribution >= 0.6 is 0 Å². The Bertz CT molecular complexity index is 1090. The molecule has 0 spiro atoms. The Balaban J connectivity index is 2.20. The summed E-state index contributed by atoms with van der Waals surface area (Å²) in [5, 5.41) is 12.2. The van der Waals surface area contributed by atoms with Gasteiger partial charge in [0.2, 0.25) is 0 Å². The molecule has 0 radical (unpaired) electrons. The van der Waals surface area contributed by atoms with Gasteiger partial charge in [0, 0.05) is 25.8 Å². The number of nitrogens with zero attached hydrogens (tertiary/aromatic N) is 3. The van der Waals surface area contributed by atoms with Crippen LogP contribution in [0.4, 0.5) is 46.9 Å². The molecule has 1 fully saturated rings. The lowest BCUT2D eigenvalue weighted by Crippen LogP contribution is -2.32. The average molecular weight is 476 g/mol. The van der Waals surface area contributed by atoms with Gasteiger partial charge in [0.05, 0.1) is 17.8 Å². The lowest BCUT2D eigenvalue weighted by atomic mass is 9.99. The third-order valence-electron chi connectivity index (χ3n) is 4.83. The zero-order valence-electron chi connectivity index (χ0n) is 16.8. The molecular formula is C20H15F7N4O2. The molecule has 2 aromatic rings. The number of halogens is 7. The molecule has 0 unspecified atom stereocenters. The second-order valence-electron chi connectivity index (χ2n) is 6.96. The number of anilines is 2. The lowest BCUT2D eigenvalue weighted by molar-refractivity contribution is -0.143. The van der Waals surface area contributed by atoms with E-state index in [-0.39, 0.29) is 31.5 Å². The Kier molecular flexibility index (Phi) is 6.42. The first kappa shape index (κ1) is 24.1. The molecule has 3 rings (SSSR count). The summed E-state index contributed by atoms with van der Waals surface area (Å²) in [5.41, 5.74) is -5.52. The highest BCUT2D eigenvalue weighted by molar-refractivity contribution is 5.90. The molecule has 1 N–H and O–H groups in total. The summed E-state index contributed by atoms with van der Waals surface area (Å²) < 4.78 is 100. The summed E-state index contributed by atoms with van der Waals surface area (Å²) in [4.78, 5) is 14.4. The van der Waals surface area contributed by atoms with E-state index < -0.39 is 52.4 Å². The summed E-state index contributed by atoms with van der Waals surface area (Å²) in [6.07, 6.45) is -12.0. The van der Waals surface area contributed by atoms with Crippen molar-refractivity contribution in [2.75, 3.05) is 36.6 Å². The first-order valence-electron chi connectivity index (χ1n) is 9.27. The number of hydrogen-bond acceptors (Lipinski definition) is 5. The van der Waals surface area contributed by atoms with Crippen molar-refractivity contribution in [2.45, 2.75) is 12.4 Å². The Morgan fingerprint density at radius 3 is 2.21 bits per heavy atom. The number of amides is 1. The van der Waals surface area contributed by atoms with Crippen molar-refractivity contribution in [2.24, 2.45) is 0 Å². The lowest BCUT2D eigenvalue weighted by Gasteiger charge is -2.27. The molecule has 0 atom stereocenters. The Hall–Kier alpha value is -3.53. The summed E-state index contributed by atoms with van der Waals surface area (Å²) >= 11 is 0. The van der Waals surface area contributed by atoms with Gasteiger partial charge in [-0.3, -0.25) is 10.2 Å².